The molecule has 0 aliphatic heterocycles. The lowest BCUT2D eigenvalue weighted by Gasteiger charge is -2.02. The minimum Gasteiger partial charge on any atom is -0.262 e. The molecule has 0 aliphatic carbocycles. The average Bonchev–Trinajstić information content (AvgIpc) is 2.05. The van der Waals surface area contributed by atoms with Crippen LogP contribution in [0.3, 0.4) is 0 Å². The molecule has 0 fully saturated rings. The van der Waals surface area contributed by atoms with E-state index < -0.39 is 9.52 Å². The Morgan fingerprint density at radius 1 is 1.38 bits per heavy atom. The fourth-order valence-electron chi connectivity index (χ4n) is 0.977. The summed E-state index contributed by atoms with van der Waals surface area (Å²) in [7, 11) is -2.26. The van der Waals surface area contributed by atoms with E-state index in [0.717, 1.165) is 5.56 Å². The van der Waals surface area contributed by atoms with E-state index >= 15 is 0 Å². The van der Waals surface area contributed by atoms with Gasteiger partial charge in [0.2, 0.25) is 0 Å². The molecule has 0 N–H and O–H groups in total. The number of benzene rings is 1. The smallest absolute Gasteiger partial charge is 0.100 e. The Kier molecular flexibility index (Phi) is 2.74. The number of hydrogen-bond donors (Lipinski definition) is 0. The fraction of sp³-hybridized carbons (Fsp3) is 0.200. The maximum atomic E-state index is 11.8. The van der Waals surface area contributed by atoms with Gasteiger partial charge in [-0.15, -0.1) is 0 Å². The van der Waals surface area contributed by atoms with Gasteiger partial charge >= 0.3 is 0 Å². The van der Waals surface area contributed by atoms with Gasteiger partial charge in [-0.1, -0.05) is 17.7 Å². The Hall–Kier alpha value is -1.27. The number of aryl methyl sites for hydroxylation is 1. The average molecular weight is 193 g/mol. The highest BCUT2D eigenvalue weighted by molar-refractivity contribution is 8.01. The SMILES string of the molecule is Cc1ccc(S(C)(=O)=CC#N)cc1. The monoisotopic (exact) mass is 193 g/mol. The predicted octanol–water partition coefficient (Wildman–Crippen LogP) is 1.59. The third-order valence-corrected chi connectivity index (χ3v) is 3.53. The molecule has 0 bridgehead atoms. The van der Waals surface area contributed by atoms with E-state index in [0.29, 0.717) is 4.90 Å². The summed E-state index contributed by atoms with van der Waals surface area (Å²) in [6, 6.07) is 9.20. The minimum atomic E-state index is -2.26. The normalized spacial score (nSPS) is 14.2. The molecule has 1 atom stereocenters. The number of nitrogens with zero attached hydrogens (tertiary/aromatic N) is 1. The molecule has 0 radical (unpaired) electrons. The zero-order chi connectivity index (χ0) is 9.90. The molecule has 0 saturated heterocycles. The Bertz CT molecular complexity index is 445. The molecule has 3 heteroatoms. The summed E-state index contributed by atoms with van der Waals surface area (Å²) in [5.41, 5.74) is 1.12. The topological polar surface area (TPSA) is 40.9 Å². The molecule has 68 valence electrons. The van der Waals surface area contributed by atoms with E-state index in [1.165, 1.54) is 5.37 Å². The second-order valence-electron chi connectivity index (χ2n) is 2.96. The van der Waals surface area contributed by atoms with Crippen molar-refractivity contribution >= 4 is 14.9 Å². The molecular weight excluding hydrogens is 182 g/mol. The first-order chi connectivity index (χ1) is 6.06. The highest BCUT2D eigenvalue weighted by Gasteiger charge is 2.02. The van der Waals surface area contributed by atoms with Crippen molar-refractivity contribution in [2.75, 3.05) is 6.26 Å². The van der Waals surface area contributed by atoms with E-state index in [9.17, 15) is 4.21 Å². The van der Waals surface area contributed by atoms with Gasteiger partial charge in [0, 0.05) is 20.7 Å². The van der Waals surface area contributed by atoms with E-state index in [1.54, 1.807) is 18.4 Å². The molecule has 0 amide bonds. The second kappa shape index (κ2) is 3.63. The molecule has 1 rings (SSSR count). The van der Waals surface area contributed by atoms with Gasteiger partial charge in [0.05, 0.1) is 5.37 Å². The van der Waals surface area contributed by atoms with Crippen molar-refractivity contribution in [2.24, 2.45) is 0 Å². The molecule has 0 spiro atoms. The molecule has 13 heavy (non-hydrogen) atoms. The Labute approximate surface area is 78.8 Å². The van der Waals surface area contributed by atoms with Crippen LogP contribution in [-0.4, -0.2) is 15.8 Å². The third-order valence-electron chi connectivity index (χ3n) is 1.77. The summed E-state index contributed by atoms with van der Waals surface area (Å²) >= 11 is 0. The van der Waals surface area contributed by atoms with Crippen molar-refractivity contribution in [1.29, 1.82) is 5.26 Å². The highest BCUT2D eigenvalue weighted by atomic mass is 32.2. The Balaban J connectivity index is 3.27. The maximum absolute atomic E-state index is 11.8. The quantitative estimate of drug-likeness (QED) is 0.635. The lowest BCUT2D eigenvalue weighted by Crippen LogP contribution is -2.00. The standard InChI is InChI=1S/C10H11NOS/c1-9-3-5-10(6-4-9)13(2,12)8-7-11/h3-6,8H,1-2H3. The van der Waals surface area contributed by atoms with Gasteiger partial charge < -0.3 is 0 Å². The fourth-order valence-corrected chi connectivity index (χ4v) is 1.99. The number of rotatable bonds is 1. The largest absolute Gasteiger partial charge is 0.262 e. The van der Waals surface area contributed by atoms with Crippen LogP contribution in [0, 0.1) is 18.3 Å². The number of nitriles is 1. The molecule has 0 heterocycles. The first-order valence-corrected chi connectivity index (χ1v) is 5.88. The van der Waals surface area contributed by atoms with Crippen molar-refractivity contribution in [3.8, 4) is 6.07 Å². The molecule has 0 aliphatic rings. The van der Waals surface area contributed by atoms with Crippen LogP contribution in [0.25, 0.3) is 0 Å². The van der Waals surface area contributed by atoms with Gasteiger partial charge in [-0.05, 0) is 19.1 Å². The van der Waals surface area contributed by atoms with Gasteiger partial charge in [-0.2, -0.15) is 5.26 Å². The van der Waals surface area contributed by atoms with Crippen LogP contribution in [0.15, 0.2) is 29.2 Å². The zero-order valence-corrected chi connectivity index (χ0v) is 8.47. The van der Waals surface area contributed by atoms with E-state index in [2.05, 4.69) is 0 Å². The van der Waals surface area contributed by atoms with Crippen LogP contribution in [0.1, 0.15) is 5.56 Å². The number of hydrogen-bond acceptors (Lipinski definition) is 2. The van der Waals surface area contributed by atoms with E-state index in [4.69, 9.17) is 5.26 Å². The first kappa shape index (κ1) is 9.82. The van der Waals surface area contributed by atoms with Crippen LogP contribution < -0.4 is 0 Å². The van der Waals surface area contributed by atoms with E-state index in [1.807, 2.05) is 25.1 Å². The minimum absolute atomic E-state index is 0.708. The Morgan fingerprint density at radius 3 is 2.38 bits per heavy atom. The molecular formula is C10H11NOS. The Morgan fingerprint density at radius 2 is 1.92 bits per heavy atom. The van der Waals surface area contributed by atoms with Crippen LogP contribution in [0.2, 0.25) is 0 Å². The van der Waals surface area contributed by atoms with Crippen molar-refractivity contribution in [3.63, 3.8) is 0 Å². The van der Waals surface area contributed by atoms with Crippen molar-refractivity contribution in [1.82, 2.24) is 0 Å². The van der Waals surface area contributed by atoms with Crippen molar-refractivity contribution in [2.45, 2.75) is 11.8 Å². The summed E-state index contributed by atoms with van der Waals surface area (Å²) in [6.45, 7) is 1.97. The third kappa shape index (κ3) is 2.33. The molecule has 0 saturated carbocycles. The molecule has 1 unspecified atom stereocenters. The highest BCUT2D eigenvalue weighted by Crippen LogP contribution is 2.09. The molecule has 1 aromatic carbocycles. The molecule has 0 aromatic heterocycles. The van der Waals surface area contributed by atoms with E-state index in [-0.39, 0.29) is 0 Å². The predicted molar refractivity (Wildman–Crippen MR) is 55.2 cm³/mol. The lowest BCUT2D eigenvalue weighted by molar-refractivity contribution is 0.685. The van der Waals surface area contributed by atoms with Crippen LogP contribution in [0.5, 0.6) is 0 Å². The summed E-state index contributed by atoms with van der Waals surface area (Å²) in [4.78, 5) is 0.708. The molecule has 1 aromatic rings. The summed E-state index contributed by atoms with van der Waals surface area (Å²) in [5, 5.41) is 9.63. The first-order valence-electron chi connectivity index (χ1n) is 3.85. The van der Waals surface area contributed by atoms with Gasteiger partial charge in [0.1, 0.15) is 6.07 Å². The van der Waals surface area contributed by atoms with Crippen LogP contribution in [-0.2, 0) is 9.52 Å². The lowest BCUT2D eigenvalue weighted by atomic mass is 10.2. The molecule has 2 nitrogen and oxygen atoms in total. The van der Waals surface area contributed by atoms with Crippen molar-refractivity contribution < 1.29 is 4.21 Å². The summed E-state index contributed by atoms with van der Waals surface area (Å²) in [6.07, 6.45) is 1.57. The van der Waals surface area contributed by atoms with Gasteiger partial charge in [-0.3, -0.25) is 4.21 Å². The van der Waals surface area contributed by atoms with Crippen molar-refractivity contribution in [3.05, 3.63) is 29.8 Å². The van der Waals surface area contributed by atoms with Gasteiger partial charge in [0.15, 0.2) is 0 Å². The van der Waals surface area contributed by atoms with Crippen LogP contribution in [0.4, 0.5) is 0 Å². The van der Waals surface area contributed by atoms with Crippen LogP contribution >= 0.6 is 0 Å². The van der Waals surface area contributed by atoms with Gasteiger partial charge in [0.25, 0.3) is 0 Å². The van der Waals surface area contributed by atoms with Gasteiger partial charge in [-0.25, -0.2) is 0 Å². The maximum Gasteiger partial charge on any atom is 0.100 e. The zero-order valence-electron chi connectivity index (χ0n) is 7.65. The summed E-state index contributed by atoms with van der Waals surface area (Å²) < 4.78 is 11.8. The summed E-state index contributed by atoms with van der Waals surface area (Å²) in [5.74, 6) is 0. The second-order valence-corrected chi connectivity index (χ2v) is 5.48.